The van der Waals surface area contributed by atoms with E-state index in [2.05, 4.69) is 5.32 Å². The molecule has 0 radical (unpaired) electrons. The first-order valence-electron chi connectivity index (χ1n) is 8.86. The fourth-order valence-electron chi connectivity index (χ4n) is 3.25. The van der Waals surface area contributed by atoms with Crippen LogP contribution in [0, 0.1) is 0 Å². The number of nitrogens with one attached hydrogen (secondary N) is 2. The zero-order valence-corrected chi connectivity index (χ0v) is 15.2. The molecule has 3 rings (SSSR count). The average Bonchev–Trinajstić information content (AvgIpc) is 2.62. The lowest BCUT2D eigenvalue weighted by atomic mass is 10.2. The van der Waals surface area contributed by atoms with Gasteiger partial charge in [-0.1, -0.05) is 6.07 Å². The maximum atomic E-state index is 12.4. The van der Waals surface area contributed by atoms with Crippen molar-refractivity contribution in [2.45, 2.75) is 12.8 Å². The molecule has 2 aliphatic heterocycles. The highest BCUT2D eigenvalue weighted by molar-refractivity contribution is 7.92. The highest BCUT2D eigenvalue weighted by Gasteiger charge is 2.26. The van der Waals surface area contributed by atoms with Gasteiger partial charge in [-0.2, -0.15) is 0 Å². The Bertz CT molecular complexity index is 702. The van der Waals surface area contributed by atoms with Crippen molar-refractivity contribution in [2.75, 3.05) is 56.0 Å². The summed E-state index contributed by atoms with van der Waals surface area (Å²) < 4.78 is 31.2. The van der Waals surface area contributed by atoms with Crippen molar-refractivity contribution >= 4 is 21.6 Å². The topological polar surface area (TPSA) is 80.2 Å². The van der Waals surface area contributed by atoms with Gasteiger partial charge in [-0.05, 0) is 31.0 Å². The molecule has 7 nitrogen and oxygen atoms in total. The van der Waals surface area contributed by atoms with Crippen molar-refractivity contribution in [3.05, 3.63) is 29.8 Å². The fourth-order valence-corrected chi connectivity index (χ4v) is 4.88. The minimum atomic E-state index is -3.26. The van der Waals surface area contributed by atoms with E-state index in [1.54, 1.807) is 24.3 Å². The summed E-state index contributed by atoms with van der Waals surface area (Å²) in [6.07, 6.45) is 1.54. The SMILES string of the molecule is O=C(NCC[NH+]1CCOCC1)c1cccc(N2CCCCS2(=O)=O)c1. The summed E-state index contributed by atoms with van der Waals surface area (Å²) in [6.45, 7) is 5.44. The van der Waals surface area contributed by atoms with E-state index in [1.807, 2.05) is 0 Å². The van der Waals surface area contributed by atoms with Gasteiger partial charge in [-0.15, -0.1) is 0 Å². The van der Waals surface area contributed by atoms with Crippen molar-refractivity contribution in [1.29, 1.82) is 0 Å². The van der Waals surface area contributed by atoms with Gasteiger partial charge >= 0.3 is 0 Å². The van der Waals surface area contributed by atoms with Crippen LogP contribution in [0.15, 0.2) is 24.3 Å². The van der Waals surface area contributed by atoms with Gasteiger partial charge < -0.3 is 15.0 Å². The van der Waals surface area contributed by atoms with Gasteiger partial charge in [0.25, 0.3) is 5.91 Å². The summed E-state index contributed by atoms with van der Waals surface area (Å²) in [5.41, 5.74) is 1.07. The minimum Gasteiger partial charge on any atom is -0.370 e. The molecule has 8 heteroatoms. The van der Waals surface area contributed by atoms with Gasteiger partial charge in [-0.25, -0.2) is 8.42 Å². The molecule has 1 aromatic rings. The third-order valence-electron chi connectivity index (χ3n) is 4.71. The first kappa shape index (κ1) is 18.2. The molecule has 2 saturated heterocycles. The Balaban J connectivity index is 1.59. The van der Waals surface area contributed by atoms with Crippen molar-refractivity contribution in [3.8, 4) is 0 Å². The van der Waals surface area contributed by atoms with Crippen LogP contribution in [0.25, 0.3) is 0 Å². The Hall–Kier alpha value is -1.64. The van der Waals surface area contributed by atoms with Crippen molar-refractivity contribution in [2.24, 2.45) is 0 Å². The van der Waals surface area contributed by atoms with Gasteiger partial charge in [0.2, 0.25) is 10.0 Å². The molecular formula is C17H26N3O4S+. The molecule has 138 valence electrons. The molecule has 2 heterocycles. The number of rotatable bonds is 5. The molecule has 2 N–H and O–H groups in total. The normalized spacial score (nSPS) is 21.0. The van der Waals surface area contributed by atoms with E-state index in [-0.39, 0.29) is 11.7 Å². The molecule has 0 bridgehead atoms. The van der Waals surface area contributed by atoms with Gasteiger partial charge in [0, 0.05) is 12.1 Å². The quantitative estimate of drug-likeness (QED) is 0.718. The molecule has 25 heavy (non-hydrogen) atoms. The number of nitrogens with zero attached hydrogens (tertiary/aromatic N) is 1. The molecule has 0 saturated carbocycles. The number of benzene rings is 1. The van der Waals surface area contributed by atoms with E-state index in [1.165, 1.54) is 9.21 Å². The molecule has 0 atom stereocenters. The lowest BCUT2D eigenvalue weighted by Crippen LogP contribution is -3.14. The minimum absolute atomic E-state index is 0.163. The Morgan fingerprint density at radius 2 is 2.04 bits per heavy atom. The molecule has 0 unspecified atom stereocenters. The van der Waals surface area contributed by atoms with Crippen LogP contribution in [0.5, 0.6) is 0 Å². The second-order valence-corrected chi connectivity index (χ2v) is 8.53. The first-order valence-corrected chi connectivity index (χ1v) is 10.5. The summed E-state index contributed by atoms with van der Waals surface area (Å²) in [6, 6.07) is 6.87. The molecule has 2 fully saturated rings. The standard InChI is InChI=1S/C17H25N3O4S/c21-17(18-6-8-19-9-11-24-12-10-19)15-4-3-5-16(14-15)20-7-1-2-13-25(20,22)23/h3-5,14H,1-2,6-13H2,(H,18,21)/p+1. The fraction of sp³-hybridized carbons (Fsp3) is 0.588. The summed E-state index contributed by atoms with van der Waals surface area (Å²) in [4.78, 5) is 13.8. The van der Waals surface area contributed by atoms with Gasteiger partial charge in [0.15, 0.2) is 0 Å². The van der Waals surface area contributed by atoms with Crippen LogP contribution in [0.4, 0.5) is 5.69 Å². The smallest absolute Gasteiger partial charge is 0.251 e. The van der Waals surface area contributed by atoms with Crippen LogP contribution >= 0.6 is 0 Å². The van der Waals surface area contributed by atoms with E-state index in [4.69, 9.17) is 4.74 Å². The highest BCUT2D eigenvalue weighted by atomic mass is 32.2. The van der Waals surface area contributed by atoms with Gasteiger partial charge in [0.05, 0.1) is 37.7 Å². The Kier molecular flexibility index (Phi) is 5.93. The Morgan fingerprint density at radius 1 is 1.24 bits per heavy atom. The number of anilines is 1. The number of hydrogen-bond acceptors (Lipinski definition) is 4. The molecule has 0 spiro atoms. The first-order chi connectivity index (χ1) is 12.1. The van der Waals surface area contributed by atoms with Gasteiger partial charge in [0.1, 0.15) is 13.1 Å². The summed E-state index contributed by atoms with van der Waals surface area (Å²) >= 11 is 0. The number of hydrogen-bond donors (Lipinski definition) is 2. The number of morpholine rings is 1. The van der Waals surface area contributed by atoms with Crippen LogP contribution in [0.2, 0.25) is 0 Å². The average molecular weight is 368 g/mol. The third-order valence-corrected chi connectivity index (χ3v) is 6.58. The second kappa shape index (κ2) is 8.16. The van der Waals surface area contributed by atoms with Gasteiger partial charge in [-0.3, -0.25) is 9.10 Å². The largest absolute Gasteiger partial charge is 0.370 e. The predicted octanol–water partition coefficient (Wildman–Crippen LogP) is -0.738. The van der Waals surface area contributed by atoms with E-state index < -0.39 is 10.0 Å². The van der Waals surface area contributed by atoms with Crippen LogP contribution in [-0.2, 0) is 14.8 Å². The highest BCUT2D eigenvalue weighted by Crippen LogP contribution is 2.24. The van der Waals surface area contributed by atoms with E-state index in [9.17, 15) is 13.2 Å². The number of ether oxygens (including phenoxy) is 1. The monoisotopic (exact) mass is 368 g/mol. The summed E-state index contributed by atoms with van der Waals surface area (Å²) in [7, 11) is -3.26. The number of quaternary nitrogens is 1. The van der Waals surface area contributed by atoms with Crippen LogP contribution in [0.3, 0.4) is 0 Å². The molecule has 0 aromatic heterocycles. The molecule has 1 aromatic carbocycles. The van der Waals surface area contributed by atoms with Crippen LogP contribution in [0.1, 0.15) is 23.2 Å². The number of sulfonamides is 1. The van der Waals surface area contributed by atoms with Crippen molar-refractivity contribution < 1.29 is 22.8 Å². The zero-order valence-electron chi connectivity index (χ0n) is 14.4. The maximum Gasteiger partial charge on any atom is 0.251 e. The lowest BCUT2D eigenvalue weighted by molar-refractivity contribution is -0.906. The number of carbonyl (C=O) groups excluding carboxylic acids is 1. The number of carbonyl (C=O) groups is 1. The van der Waals surface area contributed by atoms with E-state index in [0.29, 0.717) is 30.8 Å². The number of amides is 1. The maximum absolute atomic E-state index is 12.4. The molecule has 0 aliphatic carbocycles. The Morgan fingerprint density at radius 3 is 2.80 bits per heavy atom. The van der Waals surface area contributed by atoms with E-state index in [0.717, 1.165) is 39.3 Å². The summed E-state index contributed by atoms with van der Waals surface area (Å²) in [5.74, 6) is 0.00933. The van der Waals surface area contributed by atoms with Crippen molar-refractivity contribution in [3.63, 3.8) is 0 Å². The molecule has 1 amide bonds. The Labute approximate surface area is 149 Å². The molecule has 2 aliphatic rings. The van der Waals surface area contributed by atoms with Crippen LogP contribution < -0.4 is 14.5 Å². The predicted molar refractivity (Wildman–Crippen MR) is 95.5 cm³/mol. The second-order valence-electron chi connectivity index (χ2n) is 6.51. The summed E-state index contributed by atoms with van der Waals surface area (Å²) in [5, 5.41) is 2.93. The third kappa shape index (κ3) is 4.71. The molecular weight excluding hydrogens is 342 g/mol. The lowest BCUT2D eigenvalue weighted by Gasteiger charge is -2.28. The van der Waals surface area contributed by atoms with Crippen molar-refractivity contribution in [1.82, 2.24) is 5.32 Å². The van der Waals surface area contributed by atoms with E-state index >= 15 is 0 Å². The van der Waals surface area contributed by atoms with Crippen LogP contribution in [-0.4, -0.2) is 66.0 Å². The zero-order chi connectivity index (χ0) is 17.7.